The summed E-state index contributed by atoms with van der Waals surface area (Å²) in [5.41, 5.74) is 6.50. The summed E-state index contributed by atoms with van der Waals surface area (Å²) in [4.78, 5) is 24.1. The van der Waals surface area contributed by atoms with Crippen LogP contribution in [0.15, 0.2) is 24.3 Å². The summed E-state index contributed by atoms with van der Waals surface area (Å²) in [5.74, 6) is 0.387. The van der Waals surface area contributed by atoms with E-state index in [2.05, 4.69) is 10.6 Å². The Bertz CT molecular complexity index is 559. The highest BCUT2D eigenvalue weighted by Crippen LogP contribution is 2.17. The first-order valence-electron chi connectivity index (χ1n) is 8.15. The van der Waals surface area contributed by atoms with Gasteiger partial charge in [0.2, 0.25) is 5.91 Å². The lowest BCUT2D eigenvalue weighted by atomic mass is 9.92. The largest absolute Gasteiger partial charge is 0.497 e. The van der Waals surface area contributed by atoms with Crippen LogP contribution in [-0.4, -0.2) is 51.3 Å². The van der Waals surface area contributed by atoms with Crippen molar-refractivity contribution in [2.24, 2.45) is 11.7 Å². The lowest BCUT2D eigenvalue weighted by Crippen LogP contribution is -2.48. The van der Waals surface area contributed by atoms with E-state index in [1.54, 1.807) is 31.4 Å². The fraction of sp³-hybridized carbons (Fsp3) is 0.529. The van der Waals surface area contributed by atoms with Crippen molar-refractivity contribution >= 4 is 11.8 Å². The Labute approximate surface area is 141 Å². The zero-order valence-electron chi connectivity index (χ0n) is 13.9. The first-order chi connectivity index (χ1) is 11.6. The van der Waals surface area contributed by atoms with Crippen molar-refractivity contribution in [3.8, 4) is 5.75 Å². The average Bonchev–Trinajstić information content (AvgIpc) is 2.65. The summed E-state index contributed by atoms with van der Waals surface area (Å²) in [6.45, 7) is 1.98. The van der Waals surface area contributed by atoms with E-state index in [1.807, 2.05) is 0 Å². The monoisotopic (exact) mass is 335 g/mol. The Kier molecular flexibility index (Phi) is 7.02. The van der Waals surface area contributed by atoms with E-state index in [9.17, 15) is 9.59 Å². The molecule has 7 nitrogen and oxygen atoms in total. The molecule has 1 fully saturated rings. The summed E-state index contributed by atoms with van der Waals surface area (Å²) in [6, 6.07) is 6.37. The van der Waals surface area contributed by atoms with Gasteiger partial charge in [-0.3, -0.25) is 9.59 Å². The number of hydrogen-bond donors (Lipinski definition) is 3. The third-order valence-electron chi connectivity index (χ3n) is 4.12. The summed E-state index contributed by atoms with van der Waals surface area (Å²) in [6.07, 6.45) is 1.61. The van der Waals surface area contributed by atoms with Crippen LogP contribution in [0.4, 0.5) is 0 Å². The summed E-state index contributed by atoms with van der Waals surface area (Å²) in [7, 11) is 1.55. The van der Waals surface area contributed by atoms with Gasteiger partial charge in [0.25, 0.3) is 5.91 Å². The second kappa shape index (κ2) is 9.24. The Hall–Kier alpha value is -2.12. The van der Waals surface area contributed by atoms with Gasteiger partial charge in [-0.2, -0.15) is 0 Å². The fourth-order valence-corrected chi connectivity index (χ4v) is 2.63. The molecule has 0 spiro atoms. The van der Waals surface area contributed by atoms with Crippen molar-refractivity contribution in [2.45, 2.75) is 18.9 Å². The van der Waals surface area contributed by atoms with Crippen molar-refractivity contribution in [1.82, 2.24) is 10.6 Å². The van der Waals surface area contributed by atoms with Crippen LogP contribution in [0.2, 0.25) is 0 Å². The first kappa shape index (κ1) is 18.2. The molecule has 0 radical (unpaired) electrons. The molecule has 1 heterocycles. The number of carbonyl (C=O) groups excluding carboxylic acids is 2. The Morgan fingerprint density at radius 2 is 2.00 bits per heavy atom. The van der Waals surface area contributed by atoms with Gasteiger partial charge in [0.05, 0.1) is 13.2 Å². The fourth-order valence-electron chi connectivity index (χ4n) is 2.63. The highest BCUT2D eigenvalue weighted by atomic mass is 16.5. The second-order valence-corrected chi connectivity index (χ2v) is 5.75. The lowest BCUT2D eigenvalue weighted by molar-refractivity contribution is -0.124. The molecule has 1 saturated heterocycles. The standard InChI is InChI=1S/C17H25N3O4/c1-23-14-4-2-3-13(11-14)16(21)19-7-8-20-17(22)15(18)12-5-9-24-10-6-12/h2-4,11-12,15H,5-10,18H2,1H3,(H,19,21)(H,20,22). The van der Waals surface area contributed by atoms with Gasteiger partial charge >= 0.3 is 0 Å². The Balaban J connectivity index is 1.69. The van der Waals surface area contributed by atoms with Crippen LogP contribution in [0.25, 0.3) is 0 Å². The van der Waals surface area contributed by atoms with Gasteiger partial charge in [0, 0.05) is 31.9 Å². The Morgan fingerprint density at radius 1 is 1.29 bits per heavy atom. The molecule has 2 amide bonds. The quantitative estimate of drug-likeness (QED) is 0.622. The van der Waals surface area contributed by atoms with Gasteiger partial charge < -0.3 is 25.8 Å². The molecular formula is C17H25N3O4. The van der Waals surface area contributed by atoms with Gasteiger partial charge in [-0.15, -0.1) is 0 Å². The van der Waals surface area contributed by atoms with E-state index in [0.717, 1.165) is 12.8 Å². The topological polar surface area (TPSA) is 103 Å². The summed E-state index contributed by atoms with van der Waals surface area (Å²) in [5, 5.41) is 5.52. The SMILES string of the molecule is COc1cccc(C(=O)NCCNC(=O)C(N)C2CCOCC2)c1. The third-order valence-corrected chi connectivity index (χ3v) is 4.12. The van der Waals surface area contributed by atoms with Crippen molar-refractivity contribution in [2.75, 3.05) is 33.4 Å². The molecule has 4 N–H and O–H groups in total. The summed E-state index contributed by atoms with van der Waals surface area (Å²) < 4.78 is 10.4. The van der Waals surface area contributed by atoms with Crippen LogP contribution < -0.4 is 21.1 Å². The number of carbonyl (C=O) groups is 2. The number of hydrogen-bond acceptors (Lipinski definition) is 5. The van der Waals surface area contributed by atoms with Crippen LogP contribution in [0.5, 0.6) is 5.75 Å². The number of nitrogens with two attached hydrogens (primary N) is 1. The van der Waals surface area contributed by atoms with Crippen LogP contribution in [0.1, 0.15) is 23.2 Å². The molecule has 1 aromatic rings. The molecule has 1 aliphatic rings. The molecule has 1 atom stereocenters. The molecule has 1 aromatic carbocycles. The average molecular weight is 335 g/mol. The first-order valence-corrected chi connectivity index (χ1v) is 8.15. The van der Waals surface area contributed by atoms with Crippen LogP contribution >= 0.6 is 0 Å². The van der Waals surface area contributed by atoms with E-state index in [0.29, 0.717) is 37.6 Å². The van der Waals surface area contributed by atoms with E-state index in [4.69, 9.17) is 15.2 Å². The number of ether oxygens (including phenoxy) is 2. The van der Waals surface area contributed by atoms with E-state index < -0.39 is 6.04 Å². The molecule has 0 aliphatic carbocycles. The van der Waals surface area contributed by atoms with E-state index in [1.165, 1.54) is 0 Å². The maximum atomic E-state index is 12.0. The van der Waals surface area contributed by atoms with Crippen molar-refractivity contribution in [3.63, 3.8) is 0 Å². The minimum atomic E-state index is -0.525. The van der Waals surface area contributed by atoms with Gasteiger partial charge in [-0.1, -0.05) is 6.07 Å². The minimum Gasteiger partial charge on any atom is -0.497 e. The molecule has 7 heteroatoms. The van der Waals surface area contributed by atoms with Crippen LogP contribution in [0.3, 0.4) is 0 Å². The predicted molar refractivity (Wildman–Crippen MR) is 89.9 cm³/mol. The van der Waals surface area contributed by atoms with Crippen molar-refractivity contribution < 1.29 is 19.1 Å². The molecule has 0 bridgehead atoms. The zero-order valence-corrected chi connectivity index (χ0v) is 13.9. The van der Waals surface area contributed by atoms with Crippen LogP contribution in [0, 0.1) is 5.92 Å². The molecule has 0 saturated carbocycles. The van der Waals surface area contributed by atoms with Gasteiger partial charge in [0.15, 0.2) is 0 Å². The molecular weight excluding hydrogens is 310 g/mol. The number of methoxy groups -OCH3 is 1. The molecule has 1 unspecified atom stereocenters. The zero-order chi connectivity index (χ0) is 17.4. The highest BCUT2D eigenvalue weighted by Gasteiger charge is 2.26. The molecule has 1 aliphatic heterocycles. The molecule has 132 valence electrons. The predicted octanol–water partition coefficient (Wildman–Crippen LogP) is 0.295. The van der Waals surface area contributed by atoms with Gasteiger partial charge in [-0.25, -0.2) is 0 Å². The Morgan fingerprint density at radius 3 is 2.71 bits per heavy atom. The van der Waals surface area contributed by atoms with E-state index in [-0.39, 0.29) is 17.7 Å². The molecule has 0 aromatic heterocycles. The van der Waals surface area contributed by atoms with Gasteiger partial charge in [-0.05, 0) is 37.0 Å². The number of nitrogens with one attached hydrogen (secondary N) is 2. The smallest absolute Gasteiger partial charge is 0.251 e. The van der Waals surface area contributed by atoms with Crippen LogP contribution in [-0.2, 0) is 9.53 Å². The van der Waals surface area contributed by atoms with E-state index >= 15 is 0 Å². The number of amides is 2. The lowest BCUT2D eigenvalue weighted by Gasteiger charge is -2.26. The number of benzene rings is 1. The minimum absolute atomic E-state index is 0.158. The maximum Gasteiger partial charge on any atom is 0.251 e. The second-order valence-electron chi connectivity index (χ2n) is 5.75. The third kappa shape index (κ3) is 5.21. The summed E-state index contributed by atoms with van der Waals surface area (Å²) >= 11 is 0. The van der Waals surface area contributed by atoms with Crippen molar-refractivity contribution in [1.29, 1.82) is 0 Å². The van der Waals surface area contributed by atoms with Gasteiger partial charge in [0.1, 0.15) is 5.75 Å². The van der Waals surface area contributed by atoms with Crippen molar-refractivity contribution in [3.05, 3.63) is 29.8 Å². The number of rotatable bonds is 7. The molecule has 24 heavy (non-hydrogen) atoms. The molecule has 2 rings (SSSR count). The normalized spacial score (nSPS) is 16.2. The maximum absolute atomic E-state index is 12.0. The highest BCUT2D eigenvalue weighted by molar-refractivity contribution is 5.94.